The van der Waals surface area contributed by atoms with Crippen LogP contribution in [0.5, 0.6) is 0 Å². The first-order chi connectivity index (χ1) is 21.7. The first-order valence-corrected chi connectivity index (χ1v) is 15.1. The highest BCUT2D eigenvalue weighted by Gasteiger charge is 2.46. The summed E-state index contributed by atoms with van der Waals surface area (Å²) >= 11 is 0. The van der Waals surface area contributed by atoms with Gasteiger partial charge in [-0.05, 0) is 72.8 Å². The molecule has 0 spiro atoms. The number of hydrogen-bond donors (Lipinski definition) is 0. The fraction of sp³-hybridized carbons (Fsp3) is 0.0233. The zero-order chi connectivity index (χ0) is 29.5. The lowest BCUT2D eigenvalue weighted by Crippen LogP contribution is -2.29. The largest absolute Gasteiger partial charge is 0.113 e. The Labute approximate surface area is 260 Å². The lowest BCUT2D eigenvalue weighted by atomic mass is 9.66. The quantitative estimate of drug-likeness (QED) is 0.185. The molecule has 0 aliphatic heterocycles. The smallest absolute Gasteiger partial charge is 0.0963 e. The highest BCUT2D eigenvalue weighted by atomic mass is 14.5. The van der Waals surface area contributed by atoms with E-state index in [1.54, 1.807) is 0 Å². The molecule has 0 unspecified atom stereocenters. The summed E-state index contributed by atoms with van der Waals surface area (Å²) in [6.45, 7) is 0. The van der Waals surface area contributed by atoms with E-state index in [0.29, 0.717) is 0 Å². The lowest BCUT2D eigenvalue weighted by Gasteiger charge is -2.34. The van der Waals surface area contributed by atoms with Crippen molar-refractivity contribution >= 4 is 13.3 Å². The second-order valence-corrected chi connectivity index (χ2v) is 11.6. The van der Waals surface area contributed by atoms with Crippen molar-refractivity contribution in [1.82, 2.24) is 0 Å². The van der Waals surface area contributed by atoms with Crippen LogP contribution in [0.3, 0.4) is 0 Å². The third-order valence-electron chi connectivity index (χ3n) is 9.12. The number of hydrogen-bond acceptors (Lipinski definition) is 0. The monoisotopic (exact) mass is 556 g/mol. The molecule has 7 aromatic rings. The van der Waals surface area contributed by atoms with Gasteiger partial charge in [0.25, 0.3) is 0 Å². The van der Waals surface area contributed by atoms with E-state index in [-0.39, 0.29) is 0 Å². The summed E-state index contributed by atoms with van der Waals surface area (Å²) in [5.74, 6) is 0. The van der Waals surface area contributed by atoms with Crippen LogP contribution in [0.25, 0.3) is 44.5 Å². The number of rotatable bonds is 5. The molecule has 1 aliphatic carbocycles. The molecule has 0 saturated carbocycles. The minimum Gasteiger partial charge on any atom is -0.0963 e. The normalized spacial score (nSPS) is 12.8. The summed E-state index contributed by atoms with van der Waals surface area (Å²) in [7, 11) is 6.56. The van der Waals surface area contributed by atoms with Gasteiger partial charge in [-0.3, -0.25) is 0 Å². The van der Waals surface area contributed by atoms with Gasteiger partial charge in [-0.1, -0.05) is 175 Å². The third kappa shape index (κ3) is 4.24. The molecule has 0 aromatic heterocycles. The molecule has 0 N–H and O–H groups in total. The van der Waals surface area contributed by atoms with Crippen molar-refractivity contribution < 1.29 is 0 Å². The Morgan fingerprint density at radius 2 is 0.682 bits per heavy atom. The average molecular weight is 557 g/mol. The Balaban J connectivity index is 1.41. The van der Waals surface area contributed by atoms with E-state index < -0.39 is 5.41 Å². The molecule has 1 aliphatic rings. The zero-order valence-electron chi connectivity index (χ0n) is 24.3. The van der Waals surface area contributed by atoms with Crippen molar-refractivity contribution in [3.05, 3.63) is 198 Å². The van der Waals surface area contributed by atoms with Gasteiger partial charge in [0.05, 0.1) is 5.41 Å². The Kier molecular flexibility index (Phi) is 6.39. The molecule has 0 saturated heterocycles. The molecule has 0 heterocycles. The summed E-state index contributed by atoms with van der Waals surface area (Å²) in [6.07, 6.45) is 0. The van der Waals surface area contributed by atoms with Gasteiger partial charge in [-0.15, -0.1) is 0 Å². The van der Waals surface area contributed by atoms with E-state index in [0.717, 1.165) is 5.46 Å². The molecule has 204 valence electrons. The molecule has 1 heteroatoms. The Hall–Kier alpha value is -5.40. The predicted octanol–water partition coefficient (Wildman–Crippen LogP) is 9.84. The average Bonchev–Trinajstić information content (AvgIpc) is 3.39. The van der Waals surface area contributed by atoms with E-state index in [4.69, 9.17) is 7.85 Å². The van der Waals surface area contributed by atoms with Crippen LogP contribution in [-0.2, 0) is 5.41 Å². The first-order valence-electron chi connectivity index (χ1n) is 15.1. The second kappa shape index (κ2) is 10.7. The van der Waals surface area contributed by atoms with E-state index in [9.17, 15) is 0 Å². The van der Waals surface area contributed by atoms with Crippen molar-refractivity contribution in [3.63, 3.8) is 0 Å². The van der Waals surface area contributed by atoms with Gasteiger partial charge in [0.1, 0.15) is 7.85 Å². The predicted molar refractivity (Wildman–Crippen MR) is 185 cm³/mol. The van der Waals surface area contributed by atoms with Gasteiger partial charge in [-0.2, -0.15) is 0 Å². The van der Waals surface area contributed by atoms with E-state index >= 15 is 0 Å². The minimum atomic E-state index is -0.546. The third-order valence-corrected chi connectivity index (χ3v) is 9.12. The maximum Gasteiger partial charge on any atom is 0.113 e. The minimum absolute atomic E-state index is 0.546. The highest BCUT2D eigenvalue weighted by molar-refractivity contribution is 6.32. The SMILES string of the molecule is [B]c1ccc2c(c1)C(c1ccc(-c3ccccc3)cc1)(c1ccc(-c3ccccc3)cc1)c1cc(-c3ccccc3)ccc1-2. The van der Waals surface area contributed by atoms with Crippen molar-refractivity contribution in [2.45, 2.75) is 5.41 Å². The standard InChI is InChI=1S/C43H29B/c44-38-25-27-40-39-26-20-35(32-14-8-3-9-15-32)28-41(39)43(42(40)29-38,36-21-16-33(17-22-36)30-10-4-1-5-11-30)37-23-18-34(19-24-37)31-12-6-2-7-13-31/h1-29H. The van der Waals surface area contributed by atoms with Crippen molar-refractivity contribution in [2.24, 2.45) is 0 Å². The first kappa shape index (κ1) is 26.2. The van der Waals surface area contributed by atoms with Crippen LogP contribution in [0.2, 0.25) is 0 Å². The molecule has 0 fully saturated rings. The number of fused-ring (bicyclic) bond motifs is 3. The summed E-state index contributed by atoms with van der Waals surface area (Å²) in [4.78, 5) is 0. The lowest BCUT2D eigenvalue weighted by molar-refractivity contribution is 0.770. The van der Waals surface area contributed by atoms with Gasteiger partial charge < -0.3 is 0 Å². The maximum atomic E-state index is 6.56. The molecule has 0 amide bonds. The van der Waals surface area contributed by atoms with Crippen LogP contribution in [0, 0.1) is 0 Å². The van der Waals surface area contributed by atoms with E-state index in [1.807, 2.05) is 6.07 Å². The fourth-order valence-electron chi connectivity index (χ4n) is 7.03. The van der Waals surface area contributed by atoms with Crippen LogP contribution in [-0.4, -0.2) is 7.85 Å². The molecular formula is C43H29B. The molecule has 44 heavy (non-hydrogen) atoms. The van der Waals surface area contributed by atoms with Crippen molar-refractivity contribution in [2.75, 3.05) is 0 Å². The number of benzene rings is 7. The van der Waals surface area contributed by atoms with Gasteiger partial charge in [-0.25, -0.2) is 0 Å². The van der Waals surface area contributed by atoms with E-state index in [1.165, 1.54) is 66.8 Å². The Bertz CT molecular complexity index is 1990. The van der Waals surface area contributed by atoms with Crippen LogP contribution < -0.4 is 5.46 Å². The van der Waals surface area contributed by atoms with Crippen LogP contribution in [0.4, 0.5) is 0 Å². The second-order valence-electron chi connectivity index (χ2n) is 11.6. The summed E-state index contributed by atoms with van der Waals surface area (Å²) in [5.41, 5.74) is 14.9. The maximum absolute atomic E-state index is 6.56. The zero-order valence-corrected chi connectivity index (χ0v) is 24.3. The summed E-state index contributed by atoms with van der Waals surface area (Å²) in [5, 5.41) is 0. The summed E-state index contributed by atoms with van der Waals surface area (Å²) < 4.78 is 0. The fourth-order valence-corrected chi connectivity index (χ4v) is 7.03. The molecule has 8 rings (SSSR count). The molecule has 0 bridgehead atoms. The molecule has 0 atom stereocenters. The molecule has 7 aromatic carbocycles. The van der Waals surface area contributed by atoms with Crippen LogP contribution in [0.1, 0.15) is 22.3 Å². The van der Waals surface area contributed by atoms with Gasteiger partial charge >= 0.3 is 0 Å². The van der Waals surface area contributed by atoms with Gasteiger partial charge in [0.2, 0.25) is 0 Å². The molecule has 0 nitrogen and oxygen atoms in total. The topological polar surface area (TPSA) is 0 Å². The molecular weight excluding hydrogens is 527 g/mol. The summed E-state index contributed by atoms with van der Waals surface area (Å²) in [6, 6.07) is 63.5. The van der Waals surface area contributed by atoms with Gasteiger partial charge in [0.15, 0.2) is 0 Å². The van der Waals surface area contributed by atoms with Gasteiger partial charge in [0, 0.05) is 0 Å². The Morgan fingerprint density at radius 3 is 1.16 bits per heavy atom. The molecule has 2 radical (unpaired) electrons. The van der Waals surface area contributed by atoms with Crippen LogP contribution in [0.15, 0.2) is 176 Å². The van der Waals surface area contributed by atoms with Crippen molar-refractivity contribution in [1.29, 1.82) is 0 Å². The van der Waals surface area contributed by atoms with Crippen molar-refractivity contribution in [3.8, 4) is 44.5 Å². The van der Waals surface area contributed by atoms with E-state index in [2.05, 4.69) is 170 Å². The van der Waals surface area contributed by atoms with Crippen LogP contribution >= 0.6 is 0 Å². The Morgan fingerprint density at radius 1 is 0.318 bits per heavy atom. The highest BCUT2D eigenvalue weighted by Crippen LogP contribution is 2.56.